The molecule has 8 heteroatoms. The Labute approximate surface area is 165 Å². The number of thioether (sulfide) groups is 1. The molecule has 0 aliphatic carbocycles. The molecule has 0 fully saturated rings. The molecule has 0 saturated heterocycles. The number of fused-ring (bicyclic) bond motifs is 1. The highest BCUT2D eigenvalue weighted by molar-refractivity contribution is 7.98. The van der Waals surface area contributed by atoms with Crippen LogP contribution < -0.4 is 5.49 Å². The first-order valence-corrected chi connectivity index (χ1v) is 9.88. The number of carbonyl (C=O) groups excluding carboxylic acids is 1. The second-order valence-electron chi connectivity index (χ2n) is 5.49. The number of hydrogen-bond donors (Lipinski definition) is 0. The maximum absolute atomic E-state index is 11.8. The van der Waals surface area contributed by atoms with E-state index >= 15 is 0 Å². The second-order valence-corrected chi connectivity index (χ2v) is 7.08. The molecule has 0 saturated carbocycles. The molecule has 0 N–H and O–H groups in total. The number of nitrogens with zero attached hydrogens (tertiary/aromatic N) is 4. The van der Waals surface area contributed by atoms with E-state index in [0.29, 0.717) is 44.0 Å². The first kappa shape index (κ1) is 18.9. The summed E-state index contributed by atoms with van der Waals surface area (Å²) in [4.78, 5) is 25.0. The average molecular weight is 407 g/mol. The van der Waals surface area contributed by atoms with E-state index in [9.17, 15) is 4.79 Å². The van der Waals surface area contributed by atoms with Crippen molar-refractivity contribution in [2.45, 2.75) is 25.5 Å². The van der Waals surface area contributed by atoms with Gasteiger partial charge in [0.25, 0.3) is 0 Å². The third kappa shape index (κ3) is 3.49. The minimum absolute atomic E-state index is 0.310. The van der Waals surface area contributed by atoms with Crippen LogP contribution in [-0.4, -0.2) is 26.7 Å². The van der Waals surface area contributed by atoms with Crippen molar-refractivity contribution in [3.63, 3.8) is 0 Å². The Bertz CT molecular complexity index is 1060. The van der Waals surface area contributed by atoms with Crippen LogP contribution in [0.4, 0.5) is 0 Å². The highest BCUT2D eigenvalue weighted by Gasteiger charge is 2.16. The van der Waals surface area contributed by atoms with Crippen molar-refractivity contribution in [2.24, 2.45) is 4.99 Å². The minimum Gasteiger partial charge on any atom is -0.310 e. The molecule has 3 aromatic rings. The number of carbonyl (C=O) groups is 1. The molecule has 0 unspecified atom stereocenters. The SMILES string of the molecule is CCn1/c(=N\C(C)=O)c(-c2c(Cl)cccc2Cl)cc2cnc(SC)nc21. The molecule has 1 amide bonds. The van der Waals surface area contributed by atoms with Gasteiger partial charge in [-0.2, -0.15) is 4.99 Å². The largest absolute Gasteiger partial charge is 0.310 e. The van der Waals surface area contributed by atoms with Gasteiger partial charge in [0.2, 0.25) is 5.91 Å². The van der Waals surface area contributed by atoms with Crippen LogP contribution in [0.15, 0.2) is 40.6 Å². The van der Waals surface area contributed by atoms with E-state index in [1.807, 2.05) is 23.8 Å². The monoisotopic (exact) mass is 406 g/mol. The Hall–Kier alpha value is -1.89. The number of halogens is 2. The summed E-state index contributed by atoms with van der Waals surface area (Å²) in [5.41, 5.74) is 2.49. The zero-order valence-corrected chi connectivity index (χ0v) is 16.8. The zero-order valence-electron chi connectivity index (χ0n) is 14.5. The van der Waals surface area contributed by atoms with Crippen LogP contribution in [0, 0.1) is 0 Å². The van der Waals surface area contributed by atoms with Crippen molar-refractivity contribution < 1.29 is 4.79 Å². The zero-order chi connectivity index (χ0) is 18.8. The maximum Gasteiger partial charge on any atom is 0.244 e. The molecule has 0 bridgehead atoms. The predicted molar refractivity (Wildman–Crippen MR) is 107 cm³/mol. The number of aryl methyl sites for hydroxylation is 1. The quantitative estimate of drug-likeness (QED) is 0.471. The van der Waals surface area contributed by atoms with Gasteiger partial charge in [-0.15, -0.1) is 0 Å². The van der Waals surface area contributed by atoms with Gasteiger partial charge < -0.3 is 4.57 Å². The summed E-state index contributed by atoms with van der Waals surface area (Å²) >= 11 is 14.3. The molecule has 26 heavy (non-hydrogen) atoms. The average Bonchev–Trinajstić information content (AvgIpc) is 2.61. The van der Waals surface area contributed by atoms with E-state index in [2.05, 4.69) is 15.0 Å². The molecule has 0 spiro atoms. The van der Waals surface area contributed by atoms with Crippen molar-refractivity contribution in [3.8, 4) is 11.1 Å². The number of amides is 1. The number of rotatable bonds is 3. The van der Waals surface area contributed by atoms with Gasteiger partial charge in [-0.3, -0.25) is 4.79 Å². The van der Waals surface area contributed by atoms with Crippen LogP contribution >= 0.6 is 35.0 Å². The van der Waals surface area contributed by atoms with Crippen LogP contribution in [0.3, 0.4) is 0 Å². The number of pyridine rings is 1. The first-order valence-electron chi connectivity index (χ1n) is 7.90. The van der Waals surface area contributed by atoms with E-state index in [1.54, 1.807) is 24.4 Å². The lowest BCUT2D eigenvalue weighted by Gasteiger charge is -2.15. The molecular weight excluding hydrogens is 391 g/mol. The number of aromatic nitrogens is 3. The standard InChI is InChI=1S/C18H16Cl2N4OS/c1-4-24-16-11(9-21-18(23-16)26-3)8-12(17(24)22-10(2)25)15-13(19)6-5-7-14(15)20/h5-9H,4H2,1-3H3/b22-17-. The summed E-state index contributed by atoms with van der Waals surface area (Å²) in [6, 6.07) is 7.17. The highest BCUT2D eigenvalue weighted by atomic mass is 35.5. The summed E-state index contributed by atoms with van der Waals surface area (Å²) < 4.78 is 1.88. The summed E-state index contributed by atoms with van der Waals surface area (Å²) in [7, 11) is 0. The van der Waals surface area contributed by atoms with Crippen LogP contribution in [0.1, 0.15) is 13.8 Å². The molecular formula is C18H16Cl2N4OS. The first-order chi connectivity index (χ1) is 12.5. The number of benzene rings is 1. The van der Waals surface area contributed by atoms with Crippen LogP contribution in [0.25, 0.3) is 22.2 Å². The van der Waals surface area contributed by atoms with Crippen LogP contribution in [-0.2, 0) is 11.3 Å². The molecule has 3 rings (SSSR count). The fourth-order valence-electron chi connectivity index (χ4n) is 2.76. The lowest BCUT2D eigenvalue weighted by molar-refractivity contribution is -0.116. The molecule has 2 aromatic heterocycles. The van der Waals surface area contributed by atoms with Crippen LogP contribution in [0.2, 0.25) is 10.0 Å². The predicted octanol–water partition coefficient (Wildman–Crippen LogP) is 4.59. The Morgan fingerprint density at radius 2 is 2.00 bits per heavy atom. The van der Waals surface area contributed by atoms with Crippen molar-refractivity contribution in [1.29, 1.82) is 0 Å². The molecule has 0 atom stereocenters. The highest BCUT2D eigenvalue weighted by Crippen LogP contribution is 2.34. The van der Waals surface area contributed by atoms with Gasteiger partial charge >= 0.3 is 0 Å². The van der Waals surface area contributed by atoms with E-state index in [-0.39, 0.29) is 5.91 Å². The van der Waals surface area contributed by atoms with E-state index in [0.717, 1.165) is 5.39 Å². The summed E-state index contributed by atoms with van der Waals surface area (Å²) in [6.45, 7) is 3.95. The number of hydrogen-bond acceptors (Lipinski definition) is 4. The van der Waals surface area contributed by atoms with Gasteiger partial charge in [0.05, 0.1) is 10.0 Å². The fraction of sp³-hybridized carbons (Fsp3) is 0.222. The van der Waals surface area contributed by atoms with Crippen molar-refractivity contribution in [3.05, 3.63) is 46.0 Å². The van der Waals surface area contributed by atoms with Crippen LogP contribution in [0.5, 0.6) is 0 Å². The van der Waals surface area contributed by atoms with Crippen molar-refractivity contribution in [1.82, 2.24) is 14.5 Å². The van der Waals surface area contributed by atoms with Gasteiger partial charge in [0, 0.05) is 36.2 Å². The van der Waals surface area contributed by atoms with Gasteiger partial charge in [-0.1, -0.05) is 41.0 Å². The Kier molecular flexibility index (Phi) is 5.65. The molecule has 0 aliphatic rings. The van der Waals surface area contributed by atoms with Crippen molar-refractivity contribution >= 4 is 51.9 Å². The molecule has 0 radical (unpaired) electrons. The van der Waals surface area contributed by atoms with Gasteiger partial charge in [-0.25, -0.2) is 9.97 Å². The lowest BCUT2D eigenvalue weighted by atomic mass is 10.1. The third-order valence-electron chi connectivity index (χ3n) is 3.82. The molecule has 2 heterocycles. The maximum atomic E-state index is 11.8. The topological polar surface area (TPSA) is 60.1 Å². The minimum atomic E-state index is -0.310. The smallest absolute Gasteiger partial charge is 0.244 e. The Balaban J connectivity index is 2.52. The summed E-state index contributed by atoms with van der Waals surface area (Å²) in [5.74, 6) is -0.310. The Morgan fingerprint density at radius 3 is 2.58 bits per heavy atom. The summed E-state index contributed by atoms with van der Waals surface area (Å²) in [6.07, 6.45) is 3.67. The lowest BCUT2D eigenvalue weighted by Crippen LogP contribution is -2.25. The summed E-state index contributed by atoms with van der Waals surface area (Å²) in [5, 5.41) is 2.44. The van der Waals surface area contributed by atoms with Gasteiger partial charge in [0.15, 0.2) is 5.16 Å². The molecule has 0 aliphatic heterocycles. The molecule has 134 valence electrons. The molecule has 1 aromatic carbocycles. The van der Waals surface area contributed by atoms with Gasteiger partial charge in [-0.05, 0) is 31.4 Å². The fourth-order valence-corrected chi connectivity index (χ4v) is 3.69. The van der Waals surface area contributed by atoms with Crippen molar-refractivity contribution in [2.75, 3.05) is 6.26 Å². The van der Waals surface area contributed by atoms with E-state index < -0.39 is 0 Å². The molecule has 5 nitrogen and oxygen atoms in total. The Morgan fingerprint density at radius 1 is 1.31 bits per heavy atom. The third-order valence-corrected chi connectivity index (χ3v) is 5.01. The van der Waals surface area contributed by atoms with E-state index in [1.165, 1.54) is 18.7 Å². The van der Waals surface area contributed by atoms with Gasteiger partial charge in [0.1, 0.15) is 11.1 Å². The second kappa shape index (κ2) is 7.78. The van der Waals surface area contributed by atoms with E-state index in [4.69, 9.17) is 23.2 Å². The normalized spacial score (nSPS) is 12.0.